The number of likely N-dealkylation sites (N-methyl/N-ethyl adjacent to an activating group) is 1. The van der Waals surface area contributed by atoms with Gasteiger partial charge in [-0.15, -0.1) is 0 Å². The summed E-state index contributed by atoms with van der Waals surface area (Å²) in [5, 5.41) is 0.637. The molecule has 0 saturated carbocycles. The van der Waals surface area contributed by atoms with Gasteiger partial charge in [0.1, 0.15) is 10.7 Å². The third kappa shape index (κ3) is 4.71. The van der Waals surface area contributed by atoms with E-state index in [0.717, 1.165) is 37.7 Å². The summed E-state index contributed by atoms with van der Waals surface area (Å²) in [7, 11) is -1.42. The summed E-state index contributed by atoms with van der Waals surface area (Å²) in [4.78, 5) is 9.28. The lowest BCUT2D eigenvalue weighted by Gasteiger charge is -2.31. The van der Waals surface area contributed by atoms with E-state index >= 15 is 0 Å². The van der Waals surface area contributed by atoms with Crippen LogP contribution in [0, 0.1) is 0 Å². The van der Waals surface area contributed by atoms with Crippen LogP contribution in [0.25, 0.3) is 0 Å². The van der Waals surface area contributed by atoms with Crippen LogP contribution in [0.1, 0.15) is 26.2 Å². The summed E-state index contributed by atoms with van der Waals surface area (Å²) in [6.07, 6.45) is 5.22. The van der Waals surface area contributed by atoms with Gasteiger partial charge in [0.2, 0.25) is 10.0 Å². The highest BCUT2D eigenvalue weighted by Gasteiger charge is 2.28. The molecule has 0 aliphatic carbocycles. The monoisotopic (exact) mass is 398 g/mol. The van der Waals surface area contributed by atoms with Crippen LogP contribution in [-0.4, -0.2) is 79.9 Å². The molecule has 146 valence electrons. The van der Waals surface area contributed by atoms with Crippen molar-refractivity contribution in [2.45, 2.75) is 36.3 Å². The van der Waals surface area contributed by atoms with E-state index in [1.54, 1.807) is 10.4 Å². The van der Waals surface area contributed by atoms with Crippen molar-refractivity contribution in [1.82, 2.24) is 14.2 Å². The molecular weight excluding hydrogens is 368 g/mol. The predicted octanol–water partition coefficient (Wildman–Crippen LogP) is 2.13. The van der Waals surface area contributed by atoms with Gasteiger partial charge in [-0.3, -0.25) is 0 Å². The number of hydrogen-bond donors (Lipinski definition) is 0. The van der Waals surface area contributed by atoms with E-state index in [0.29, 0.717) is 23.2 Å². The summed E-state index contributed by atoms with van der Waals surface area (Å²) in [6.45, 7) is 6.83. The molecule has 0 radical (unpaired) electrons. The predicted molar refractivity (Wildman–Crippen MR) is 108 cm³/mol. The third-order valence-electron chi connectivity index (χ3n) is 5.18. The summed E-state index contributed by atoms with van der Waals surface area (Å²) in [5.74, 6) is 2.03. The van der Waals surface area contributed by atoms with Gasteiger partial charge in [0.25, 0.3) is 0 Å². The van der Waals surface area contributed by atoms with Crippen LogP contribution in [-0.2, 0) is 10.0 Å². The van der Waals surface area contributed by atoms with Gasteiger partial charge in [-0.1, -0.05) is 13.3 Å². The van der Waals surface area contributed by atoms with E-state index in [1.807, 2.05) is 24.9 Å². The molecule has 3 heterocycles. The van der Waals surface area contributed by atoms with E-state index in [2.05, 4.69) is 21.7 Å². The topological polar surface area (TPSA) is 56.8 Å². The Morgan fingerprint density at radius 3 is 2.58 bits per heavy atom. The van der Waals surface area contributed by atoms with Gasteiger partial charge in [0, 0.05) is 50.7 Å². The maximum absolute atomic E-state index is 12.8. The van der Waals surface area contributed by atoms with Gasteiger partial charge in [-0.05, 0) is 37.8 Å². The lowest BCUT2D eigenvalue weighted by molar-refractivity contribution is 0.222. The molecule has 1 atom stereocenters. The minimum atomic E-state index is -3.44. The average molecular weight is 399 g/mol. The van der Waals surface area contributed by atoms with Crippen LogP contribution < -0.4 is 4.90 Å². The van der Waals surface area contributed by atoms with E-state index in [-0.39, 0.29) is 0 Å². The lowest BCUT2D eigenvalue weighted by atomic mass is 10.2. The van der Waals surface area contributed by atoms with Crippen LogP contribution in [0.3, 0.4) is 0 Å². The van der Waals surface area contributed by atoms with Crippen molar-refractivity contribution in [1.29, 1.82) is 0 Å². The summed E-state index contributed by atoms with van der Waals surface area (Å²) in [5.41, 5.74) is 0. The molecule has 1 aromatic rings. The Hall–Kier alpha value is -0.830. The Bertz CT molecular complexity index is 673. The van der Waals surface area contributed by atoms with E-state index in [4.69, 9.17) is 0 Å². The number of sulfonamides is 1. The molecule has 0 aromatic carbocycles. The van der Waals surface area contributed by atoms with E-state index in [1.165, 1.54) is 25.5 Å². The van der Waals surface area contributed by atoms with Crippen LogP contribution in [0.15, 0.2) is 23.2 Å². The number of nitrogens with zero attached hydrogens (tertiary/aromatic N) is 4. The third-order valence-corrected chi connectivity index (χ3v) is 8.25. The highest BCUT2D eigenvalue weighted by atomic mass is 32.2. The standard InChI is InChI=1S/C18H30N4O2S2/c1-3-25-16-6-4-5-9-21(15-16)18-8-7-17(14-19-18)26(23,24)22-12-10-20(2)11-13-22/h7-8,14,16H,3-6,9-13,15H2,1-2H3. The second-order valence-corrected chi connectivity index (χ2v) is 10.6. The second-order valence-electron chi connectivity index (χ2n) is 7.08. The van der Waals surface area contributed by atoms with Crippen LogP contribution in [0.4, 0.5) is 5.82 Å². The molecule has 2 aliphatic heterocycles. The molecule has 2 aliphatic rings. The fourth-order valence-corrected chi connectivity index (χ4v) is 6.03. The van der Waals surface area contributed by atoms with Crippen molar-refractivity contribution in [3.05, 3.63) is 18.3 Å². The molecule has 1 aromatic heterocycles. The summed E-state index contributed by atoms with van der Waals surface area (Å²) in [6, 6.07) is 3.60. The van der Waals surface area contributed by atoms with Gasteiger partial charge >= 0.3 is 0 Å². The summed E-state index contributed by atoms with van der Waals surface area (Å²) >= 11 is 2.01. The smallest absolute Gasteiger partial charge is 0.244 e. The number of anilines is 1. The first-order valence-electron chi connectivity index (χ1n) is 9.52. The number of thioether (sulfide) groups is 1. The zero-order chi connectivity index (χ0) is 18.6. The molecule has 1 unspecified atom stereocenters. The lowest BCUT2D eigenvalue weighted by Crippen LogP contribution is -2.47. The quantitative estimate of drug-likeness (QED) is 0.757. The molecular formula is C18H30N4O2S2. The maximum Gasteiger partial charge on any atom is 0.244 e. The first kappa shape index (κ1) is 19.9. The van der Waals surface area contributed by atoms with Crippen molar-refractivity contribution < 1.29 is 8.42 Å². The molecule has 0 amide bonds. The Kier molecular flexibility index (Phi) is 6.82. The van der Waals surface area contributed by atoms with E-state index in [9.17, 15) is 8.42 Å². The second kappa shape index (κ2) is 8.91. The van der Waals surface area contributed by atoms with Gasteiger partial charge in [-0.2, -0.15) is 16.1 Å². The highest BCUT2D eigenvalue weighted by Crippen LogP contribution is 2.26. The summed E-state index contributed by atoms with van der Waals surface area (Å²) < 4.78 is 27.2. The number of piperazine rings is 1. The number of aromatic nitrogens is 1. The minimum absolute atomic E-state index is 0.306. The fourth-order valence-electron chi connectivity index (χ4n) is 3.57. The molecule has 0 bridgehead atoms. The molecule has 2 saturated heterocycles. The first-order valence-corrected chi connectivity index (χ1v) is 12.0. The van der Waals surface area contributed by atoms with Gasteiger partial charge in [0.15, 0.2) is 0 Å². The van der Waals surface area contributed by atoms with Gasteiger partial charge < -0.3 is 9.80 Å². The van der Waals surface area contributed by atoms with Crippen molar-refractivity contribution in [2.24, 2.45) is 0 Å². The van der Waals surface area contributed by atoms with Gasteiger partial charge in [0.05, 0.1) is 0 Å². The molecule has 26 heavy (non-hydrogen) atoms. The van der Waals surface area contributed by atoms with Crippen molar-refractivity contribution in [2.75, 3.05) is 57.0 Å². The van der Waals surface area contributed by atoms with E-state index < -0.39 is 10.0 Å². The van der Waals surface area contributed by atoms with Crippen molar-refractivity contribution in [3.63, 3.8) is 0 Å². The largest absolute Gasteiger partial charge is 0.356 e. The molecule has 0 N–H and O–H groups in total. The molecule has 0 spiro atoms. The molecule has 6 nitrogen and oxygen atoms in total. The Balaban J connectivity index is 1.71. The maximum atomic E-state index is 12.8. The van der Waals surface area contributed by atoms with Crippen molar-refractivity contribution >= 4 is 27.6 Å². The fraction of sp³-hybridized carbons (Fsp3) is 0.722. The Morgan fingerprint density at radius 1 is 1.15 bits per heavy atom. The number of hydrogen-bond acceptors (Lipinski definition) is 6. The highest BCUT2D eigenvalue weighted by molar-refractivity contribution is 7.99. The van der Waals surface area contributed by atoms with Crippen LogP contribution in [0.2, 0.25) is 0 Å². The number of rotatable bonds is 5. The SMILES string of the molecule is CCSC1CCCCN(c2ccc(S(=O)(=O)N3CCN(C)CC3)cn2)C1. The van der Waals surface area contributed by atoms with Crippen LogP contribution in [0.5, 0.6) is 0 Å². The zero-order valence-corrected chi connectivity index (χ0v) is 17.4. The first-order chi connectivity index (χ1) is 12.5. The van der Waals surface area contributed by atoms with Crippen molar-refractivity contribution in [3.8, 4) is 0 Å². The average Bonchev–Trinajstić information content (AvgIpc) is 2.88. The zero-order valence-electron chi connectivity index (χ0n) is 15.8. The number of pyridine rings is 1. The minimum Gasteiger partial charge on any atom is -0.356 e. The van der Waals surface area contributed by atoms with Crippen LogP contribution >= 0.6 is 11.8 Å². The Labute approximate surface area is 162 Å². The molecule has 2 fully saturated rings. The Morgan fingerprint density at radius 2 is 1.92 bits per heavy atom. The molecule has 3 rings (SSSR count). The molecule has 8 heteroatoms. The normalized spacial score (nSPS) is 23.8. The van der Waals surface area contributed by atoms with Gasteiger partial charge in [-0.25, -0.2) is 13.4 Å².